The smallest absolute Gasteiger partial charge is 0.320 e. The van der Waals surface area contributed by atoms with Crippen LogP contribution in [-0.2, 0) is 21.4 Å². The van der Waals surface area contributed by atoms with Gasteiger partial charge in [0, 0.05) is 18.4 Å². The molecule has 6 heteroatoms. The summed E-state index contributed by atoms with van der Waals surface area (Å²) in [4.78, 5) is 13.2. The number of hydrogen-bond donors (Lipinski definition) is 1. The van der Waals surface area contributed by atoms with Gasteiger partial charge in [-0.05, 0) is 73.3 Å². The van der Waals surface area contributed by atoms with Crippen molar-refractivity contribution >= 4 is 16.9 Å². The van der Waals surface area contributed by atoms with Gasteiger partial charge in [-0.2, -0.15) is 0 Å². The fraction of sp³-hybridized carbons (Fsp3) is 0.276. The zero-order chi connectivity index (χ0) is 24.8. The lowest BCUT2D eigenvalue weighted by atomic mass is 9.71. The maximum absolute atomic E-state index is 13.7. The highest BCUT2D eigenvalue weighted by molar-refractivity contribution is 5.87. The largest absolute Gasteiger partial charge is 0.468 e. The van der Waals surface area contributed by atoms with E-state index in [1.807, 2.05) is 18.2 Å². The van der Waals surface area contributed by atoms with Gasteiger partial charge in [0.2, 0.25) is 0 Å². The monoisotopic (exact) mass is 477 g/mol. The first-order chi connectivity index (χ1) is 17.0. The Morgan fingerprint density at radius 2 is 1.51 bits per heavy atom. The molecule has 4 rings (SSSR count). The van der Waals surface area contributed by atoms with Gasteiger partial charge in [-0.15, -0.1) is 0 Å². The van der Waals surface area contributed by atoms with Crippen molar-refractivity contribution in [3.8, 4) is 0 Å². The summed E-state index contributed by atoms with van der Waals surface area (Å²) in [5.74, 6) is -0.294. The first kappa shape index (κ1) is 24.6. The lowest BCUT2D eigenvalue weighted by Gasteiger charge is -2.32. The molecule has 0 saturated carbocycles. The molecule has 0 amide bonds. The molecule has 35 heavy (non-hydrogen) atoms. The van der Waals surface area contributed by atoms with Crippen molar-refractivity contribution in [1.82, 2.24) is 5.32 Å². The number of ether oxygens (including phenoxy) is 1. The molecular formula is C29H29F2NO3. The molecule has 3 aromatic carbocycles. The molecule has 0 aliphatic carbocycles. The van der Waals surface area contributed by atoms with E-state index in [4.69, 9.17) is 9.15 Å². The van der Waals surface area contributed by atoms with E-state index in [2.05, 4.69) is 18.3 Å². The Kier molecular flexibility index (Phi) is 7.61. The normalized spacial score (nSPS) is 11.7. The third-order valence-corrected chi connectivity index (χ3v) is 6.58. The van der Waals surface area contributed by atoms with Crippen LogP contribution >= 0.6 is 0 Å². The molecule has 0 saturated heterocycles. The minimum atomic E-state index is -1.17. The highest BCUT2D eigenvalue weighted by atomic mass is 19.1. The molecule has 0 aliphatic heterocycles. The van der Waals surface area contributed by atoms with Gasteiger partial charge >= 0.3 is 5.97 Å². The van der Waals surface area contributed by atoms with E-state index in [9.17, 15) is 13.6 Å². The summed E-state index contributed by atoms with van der Waals surface area (Å²) in [5.41, 5.74) is 2.08. The van der Waals surface area contributed by atoms with E-state index in [0.29, 0.717) is 30.5 Å². The fourth-order valence-electron chi connectivity index (χ4n) is 4.71. The van der Waals surface area contributed by atoms with Gasteiger partial charge in [0.25, 0.3) is 0 Å². The van der Waals surface area contributed by atoms with Crippen molar-refractivity contribution in [2.45, 2.75) is 31.6 Å². The second kappa shape index (κ2) is 10.8. The maximum atomic E-state index is 13.7. The van der Waals surface area contributed by atoms with Gasteiger partial charge in [-0.3, -0.25) is 4.79 Å². The summed E-state index contributed by atoms with van der Waals surface area (Å²) in [6.45, 7) is 3.44. The number of para-hydroxylation sites is 1. The topological polar surface area (TPSA) is 51.5 Å². The molecule has 1 aromatic heterocycles. The van der Waals surface area contributed by atoms with Crippen LogP contribution < -0.4 is 5.32 Å². The fourth-order valence-corrected chi connectivity index (χ4v) is 4.71. The summed E-state index contributed by atoms with van der Waals surface area (Å²) in [6, 6.07) is 19.6. The Labute approximate surface area is 203 Å². The second-order valence-corrected chi connectivity index (χ2v) is 8.66. The number of esters is 1. The molecule has 0 unspecified atom stereocenters. The van der Waals surface area contributed by atoms with E-state index in [0.717, 1.165) is 35.3 Å². The average Bonchev–Trinajstić information content (AvgIpc) is 3.20. The Morgan fingerprint density at radius 1 is 0.914 bits per heavy atom. The number of carbonyl (C=O) groups excluding carboxylic acids is 1. The molecule has 1 heterocycles. The molecule has 1 N–H and O–H groups in total. The molecule has 0 spiro atoms. The van der Waals surface area contributed by atoms with Crippen LogP contribution in [0.4, 0.5) is 8.78 Å². The summed E-state index contributed by atoms with van der Waals surface area (Å²) in [6.07, 6.45) is 1.80. The van der Waals surface area contributed by atoms with Crippen molar-refractivity contribution < 1.29 is 22.7 Å². The molecule has 0 aliphatic rings. The van der Waals surface area contributed by atoms with Crippen LogP contribution in [0.5, 0.6) is 0 Å². The number of fused-ring (bicyclic) bond motifs is 1. The van der Waals surface area contributed by atoms with Gasteiger partial charge in [-0.1, -0.05) is 42.5 Å². The lowest BCUT2D eigenvalue weighted by molar-refractivity contribution is -0.146. The Balaban J connectivity index is 1.47. The third-order valence-electron chi connectivity index (χ3n) is 6.58. The minimum absolute atomic E-state index is 0.394. The number of benzene rings is 3. The van der Waals surface area contributed by atoms with Gasteiger partial charge in [0.1, 0.15) is 28.4 Å². The molecule has 182 valence electrons. The number of aryl methyl sites for hydroxylation is 1. The third kappa shape index (κ3) is 5.13. The standard InChI is InChI=1S/C29H29F2NO3/c1-20-25-6-3-4-7-27(25)35-26(20)16-19-32-18-5-17-29(28(33)34-2,21-8-12-23(30)13-9-21)22-10-14-24(31)15-11-22/h3-4,6-15,32H,5,16-19H2,1-2H3. The van der Waals surface area contributed by atoms with Crippen LogP contribution in [0.25, 0.3) is 11.0 Å². The van der Waals surface area contributed by atoms with E-state index in [-0.39, 0.29) is 0 Å². The van der Waals surface area contributed by atoms with Gasteiger partial charge in [-0.25, -0.2) is 8.78 Å². The van der Waals surface area contributed by atoms with Crippen molar-refractivity contribution in [3.63, 3.8) is 0 Å². The summed E-state index contributed by atoms with van der Waals surface area (Å²) >= 11 is 0. The number of methoxy groups -OCH3 is 1. The average molecular weight is 478 g/mol. The predicted molar refractivity (Wildman–Crippen MR) is 132 cm³/mol. The van der Waals surface area contributed by atoms with E-state index < -0.39 is 23.0 Å². The Bertz CT molecular complexity index is 1230. The van der Waals surface area contributed by atoms with E-state index >= 15 is 0 Å². The maximum Gasteiger partial charge on any atom is 0.320 e. The quantitative estimate of drug-likeness (QED) is 0.222. The van der Waals surface area contributed by atoms with Crippen LogP contribution in [-0.4, -0.2) is 26.2 Å². The molecular weight excluding hydrogens is 448 g/mol. The zero-order valence-corrected chi connectivity index (χ0v) is 19.9. The van der Waals surface area contributed by atoms with Gasteiger partial charge in [0.05, 0.1) is 7.11 Å². The van der Waals surface area contributed by atoms with Crippen molar-refractivity contribution in [3.05, 3.63) is 107 Å². The summed E-state index contributed by atoms with van der Waals surface area (Å²) in [5, 5.41) is 4.55. The summed E-state index contributed by atoms with van der Waals surface area (Å²) < 4.78 is 38.5. The van der Waals surface area contributed by atoms with E-state index in [1.165, 1.54) is 31.4 Å². The van der Waals surface area contributed by atoms with Crippen LogP contribution in [0.1, 0.15) is 35.3 Å². The lowest BCUT2D eigenvalue weighted by Crippen LogP contribution is -2.39. The summed E-state index contributed by atoms with van der Waals surface area (Å²) in [7, 11) is 1.33. The minimum Gasteiger partial charge on any atom is -0.468 e. The molecule has 0 radical (unpaired) electrons. The molecule has 4 aromatic rings. The zero-order valence-electron chi connectivity index (χ0n) is 19.9. The number of furan rings is 1. The highest BCUT2D eigenvalue weighted by Gasteiger charge is 2.42. The first-order valence-electron chi connectivity index (χ1n) is 11.7. The molecule has 4 nitrogen and oxygen atoms in total. The van der Waals surface area contributed by atoms with Crippen molar-refractivity contribution in [2.75, 3.05) is 20.2 Å². The second-order valence-electron chi connectivity index (χ2n) is 8.66. The number of nitrogens with one attached hydrogen (secondary N) is 1. The Hall–Kier alpha value is -3.51. The SMILES string of the molecule is COC(=O)C(CCCNCCc1oc2ccccc2c1C)(c1ccc(F)cc1)c1ccc(F)cc1. The molecule has 0 atom stereocenters. The van der Waals surface area contributed by atoms with Crippen LogP contribution in [0, 0.1) is 18.6 Å². The first-order valence-corrected chi connectivity index (χ1v) is 11.7. The molecule has 0 bridgehead atoms. The number of carbonyl (C=O) groups is 1. The van der Waals surface area contributed by atoms with Crippen molar-refractivity contribution in [2.24, 2.45) is 0 Å². The number of halogens is 2. The van der Waals surface area contributed by atoms with Crippen LogP contribution in [0.2, 0.25) is 0 Å². The van der Waals surface area contributed by atoms with E-state index in [1.54, 1.807) is 24.3 Å². The number of hydrogen-bond acceptors (Lipinski definition) is 4. The van der Waals surface area contributed by atoms with Crippen LogP contribution in [0.15, 0.2) is 77.2 Å². The van der Waals surface area contributed by atoms with Crippen LogP contribution in [0.3, 0.4) is 0 Å². The Morgan fingerprint density at radius 3 is 2.09 bits per heavy atom. The number of rotatable bonds is 10. The van der Waals surface area contributed by atoms with Crippen molar-refractivity contribution in [1.29, 1.82) is 0 Å². The van der Waals surface area contributed by atoms with Gasteiger partial charge in [0.15, 0.2) is 0 Å². The highest BCUT2D eigenvalue weighted by Crippen LogP contribution is 2.38. The van der Waals surface area contributed by atoms with Gasteiger partial charge < -0.3 is 14.5 Å². The molecule has 0 fully saturated rings. The predicted octanol–water partition coefficient (Wildman–Crippen LogP) is 6.09.